The third kappa shape index (κ3) is 5.96. The van der Waals surface area contributed by atoms with Crippen molar-refractivity contribution in [1.82, 2.24) is 15.1 Å². The molecule has 10 heteroatoms. The van der Waals surface area contributed by atoms with E-state index in [-0.39, 0.29) is 29.5 Å². The number of nitrogens with one attached hydrogen (secondary N) is 1. The Kier molecular flexibility index (Phi) is 9.28. The minimum absolute atomic E-state index is 0. The number of carbonyl (C=O) groups is 2. The highest BCUT2D eigenvalue weighted by Crippen LogP contribution is 2.39. The topological polar surface area (TPSA) is 77.5 Å². The van der Waals surface area contributed by atoms with Crippen LogP contribution < -0.4 is 10.2 Å². The molecule has 0 bridgehead atoms. The van der Waals surface area contributed by atoms with E-state index in [1.165, 1.54) is 19.2 Å². The molecule has 2 heterocycles. The first kappa shape index (κ1) is 27.4. The zero-order valence-electron chi connectivity index (χ0n) is 20.7. The molecular weight excluding hydrogens is 485 g/mol. The second-order valence-corrected chi connectivity index (χ2v) is 9.05. The van der Waals surface area contributed by atoms with Gasteiger partial charge in [-0.25, -0.2) is 9.18 Å². The first-order valence-electron chi connectivity index (χ1n) is 11.9. The van der Waals surface area contributed by atoms with Crippen LogP contribution in [-0.2, 0) is 4.84 Å². The Balaban J connectivity index is 0.00000361. The summed E-state index contributed by atoms with van der Waals surface area (Å²) in [6.45, 7) is 3.12. The van der Waals surface area contributed by atoms with Crippen molar-refractivity contribution in [1.29, 1.82) is 0 Å². The van der Waals surface area contributed by atoms with E-state index in [0.717, 1.165) is 50.4 Å². The lowest BCUT2D eigenvalue weighted by Gasteiger charge is -2.44. The molecule has 0 radical (unpaired) electrons. The summed E-state index contributed by atoms with van der Waals surface area (Å²) in [6.07, 6.45) is 2.20. The zero-order chi connectivity index (χ0) is 24.8. The maximum absolute atomic E-state index is 13.1. The van der Waals surface area contributed by atoms with Crippen molar-refractivity contribution in [2.45, 2.75) is 31.2 Å². The number of para-hydroxylation sites is 1. The second kappa shape index (κ2) is 12.2. The van der Waals surface area contributed by atoms with Crippen LogP contribution in [0.4, 0.5) is 14.9 Å². The Morgan fingerprint density at radius 2 is 1.75 bits per heavy atom. The van der Waals surface area contributed by atoms with Gasteiger partial charge in [0.2, 0.25) is 0 Å². The number of amidine groups is 1. The number of likely N-dealkylation sites (tertiary alicyclic amines) is 1. The van der Waals surface area contributed by atoms with Crippen molar-refractivity contribution in [3.8, 4) is 0 Å². The quantitative estimate of drug-likeness (QED) is 0.338. The lowest BCUT2D eigenvalue weighted by molar-refractivity contribution is 0.0970. The Hall–Kier alpha value is -3.17. The molecule has 0 atom stereocenters. The molecule has 2 saturated heterocycles. The third-order valence-corrected chi connectivity index (χ3v) is 6.86. The lowest BCUT2D eigenvalue weighted by atomic mass is 9.85. The van der Waals surface area contributed by atoms with Gasteiger partial charge in [-0.3, -0.25) is 9.63 Å². The Morgan fingerprint density at radius 3 is 2.39 bits per heavy atom. The fourth-order valence-electron chi connectivity index (χ4n) is 5.00. The zero-order valence-corrected chi connectivity index (χ0v) is 21.5. The fourth-order valence-corrected chi connectivity index (χ4v) is 5.00. The van der Waals surface area contributed by atoms with Gasteiger partial charge in [-0.1, -0.05) is 23.4 Å². The molecule has 2 aromatic carbocycles. The largest absolute Gasteiger partial charge is 0.433 e. The summed E-state index contributed by atoms with van der Waals surface area (Å²) in [6, 6.07) is 15.9. The standard InChI is InChI=1S/C26H32FN5O3.ClH/c1-28-25(34)35-29-24-26(32(19-30(24)2)22-7-4-3-5-8-22)14-17-31(18-15-26)16-6-9-23(33)20-10-12-21(27)13-11-20;/h3-5,7-8,10-13H,6,9,14-19H2,1-2H3,(H,28,34);1H/b29-24-;. The van der Waals surface area contributed by atoms with Crippen molar-refractivity contribution in [3.05, 3.63) is 66.0 Å². The molecular formula is C26H33ClFN5O3. The summed E-state index contributed by atoms with van der Waals surface area (Å²) in [5.74, 6) is 0.442. The van der Waals surface area contributed by atoms with Crippen LogP contribution in [0.2, 0.25) is 0 Å². The number of likely N-dealkylation sites (N-methyl/N-ethyl adjacent to an activating group) is 1. The molecule has 0 saturated carbocycles. The van der Waals surface area contributed by atoms with Gasteiger partial charge in [-0.15, -0.1) is 12.4 Å². The molecule has 2 aliphatic rings. The minimum Gasteiger partial charge on any atom is -0.341 e. The van der Waals surface area contributed by atoms with Crippen LogP contribution in [0.3, 0.4) is 0 Å². The molecule has 0 aromatic heterocycles. The summed E-state index contributed by atoms with van der Waals surface area (Å²) >= 11 is 0. The number of hydrogen-bond acceptors (Lipinski definition) is 6. The molecule has 36 heavy (non-hydrogen) atoms. The summed E-state index contributed by atoms with van der Waals surface area (Å²) in [4.78, 5) is 36.0. The van der Waals surface area contributed by atoms with E-state index in [1.807, 2.05) is 30.1 Å². The van der Waals surface area contributed by atoms with Crippen LogP contribution in [0.1, 0.15) is 36.0 Å². The number of carbonyl (C=O) groups excluding carboxylic acids is 2. The van der Waals surface area contributed by atoms with E-state index in [0.29, 0.717) is 18.7 Å². The highest BCUT2D eigenvalue weighted by molar-refractivity contribution is 5.98. The molecule has 0 aliphatic carbocycles. The van der Waals surface area contributed by atoms with Crippen LogP contribution in [0.15, 0.2) is 59.8 Å². The average Bonchev–Trinajstić information content (AvgIpc) is 3.15. The number of oxime groups is 1. The first-order valence-corrected chi connectivity index (χ1v) is 11.9. The Bertz CT molecular complexity index is 1060. The average molecular weight is 518 g/mol. The van der Waals surface area contributed by atoms with Crippen LogP contribution in [0.5, 0.6) is 0 Å². The number of benzene rings is 2. The highest BCUT2D eigenvalue weighted by atomic mass is 35.5. The third-order valence-electron chi connectivity index (χ3n) is 6.86. The second-order valence-electron chi connectivity index (χ2n) is 9.05. The van der Waals surface area contributed by atoms with Crippen molar-refractivity contribution in [2.24, 2.45) is 5.16 Å². The highest BCUT2D eigenvalue weighted by Gasteiger charge is 2.51. The van der Waals surface area contributed by atoms with E-state index in [1.54, 1.807) is 12.1 Å². The minimum atomic E-state index is -0.595. The number of rotatable bonds is 7. The number of ketones is 1. The lowest BCUT2D eigenvalue weighted by Crippen LogP contribution is -2.56. The predicted octanol–water partition coefficient (Wildman–Crippen LogP) is 4.12. The molecule has 0 unspecified atom stereocenters. The van der Waals surface area contributed by atoms with E-state index < -0.39 is 6.09 Å². The number of halogens is 2. The fraction of sp³-hybridized carbons (Fsp3) is 0.423. The van der Waals surface area contributed by atoms with E-state index in [4.69, 9.17) is 4.84 Å². The number of piperidine rings is 1. The van der Waals surface area contributed by atoms with Gasteiger partial charge < -0.3 is 20.0 Å². The van der Waals surface area contributed by atoms with Gasteiger partial charge in [0.05, 0.1) is 6.67 Å². The number of anilines is 1. The molecule has 2 aromatic rings. The van der Waals surface area contributed by atoms with E-state index in [2.05, 4.69) is 32.4 Å². The molecule has 4 rings (SSSR count). The molecule has 1 amide bonds. The monoisotopic (exact) mass is 517 g/mol. The van der Waals surface area contributed by atoms with Crippen molar-refractivity contribution in [2.75, 3.05) is 45.3 Å². The number of amides is 1. The summed E-state index contributed by atoms with van der Waals surface area (Å²) in [5, 5.41) is 6.71. The normalized spacial score (nSPS) is 18.2. The van der Waals surface area contributed by atoms with Gasteiger partial charge in [-0.2, -0.15) is 0 Å². The Labute approximate surface area is 217 Å². The summed E-state index contributed by atoms with van der Waals surface area (Å²) < 4.78 is 13.1. The van der Waals surface area contributed by atoms with Crippen molar-refractivity contribution < 1.29 is 18.8 Å². The van der Waals surface area contributed by atoms with Gasteiger partial charge in [0.15, 0.2) is 11.6 Å². The SMILES string of the molecule is CNC(=O)O/N=C1\N(C)CN(c2ccccc2)C12CCN(CCCC(=O)c1ccc(F)cc1)CC2.Cl. The first-order chi connectivity index (χ1) is 16.9. The van der Waals surface area contributed by atoms with Gasteiger partial charge in [-0.05, 0) is 62.2 Å². The van der Waals surface area contributed by atoms with Crippen LogP contribution >= 0.6 is 12.4 Å². The summed E-state index contributed by atoms with van der Waals surface area (Å²) in [5.41, 5.74) is 1.26. The maximum atomic E-state index is 13.1. The smallest absolute Gasteiger partial charge is 0.341 e. The van der Waals surface area contributed by atoms with E-state index in [9.17, 15) is 14.0 Å². The van der Waals surface area contributed by atoms with Crippen LogP contribution in [0, 0.1) is 5.82 Å². The molecule has 1 spiro atoms. The molecule has 194 valence electrons. The van der Waals surface area contributed by atoms with Gasteiger partial charge >= 0.3 is 6.09 Å². The molecule has 2 fully saturated rings. The van der Waals surface area contributed by atoms with Crippen molar-refractivity contribution >= 4 is 35.8 Å². The number of nitrogens with zero attached hydrogens (tertiary/aromatic N) is 4. The number of Topliss-reactive ketones (excluding diaryl/α,β-unsaturated/α-hetero) is 1. The van der Waals surface area contributed by atoms with Gasteiger partial charge in [0, 0.05) is 44.9 Å². The van der Waals surface area contributed by atoms with Crippen LogP contribution in [-0.4, -0.2) is 73.4 Å². The van der Waals surface area contributed by atoms with Gasteiger partial charge in [0.25, 0.3) is 0 Å². The number of hydrogen-bond donors (Lipinski definition) is 1. The molecule has 8 nitrogen and oxygen atoms in total. The van der Waals surface area contributed by atoms with Gasteiger partial charge in [0.1, 0.15) is 11.4 Å². The van der Waals surface area contributed by atoms with Crippen LogP contribution in [0.25, 0.3) is 0 Å². The molecule has 2 aliphatic heterocycles. The Morgan fingerprint density at radius 1 is 1.08 bits per heavy atom. The molecule has 1 N–H and O–H groups in total. The van der Waals surface area contributed by atoms with E-state index >= 15 is 0 Å². The predicted molar refractivity (Wildman–Crippen MR) is 140 cm³/mol. The maximum Gasteiger partial charge on any atom is 0.433 e. The van der Waals surface area contributed by atoms with Crippen molar-refractivity contribution in [3.63, 3.8) is 0 Å². The summed E-state index contributed by atoms with van der Waals surface area (Å²) in [7, 11) is 3.47.